The number of carbonyl (C=O) groups excluding carboxylic acids is 3. The van der Waals surface area contributed by atoms with Gasteiger partial charge in [-0.05, 0) is 19.1 Å². The van der Waals surface area contributed by atoms with Gasteiger partial charge in [0.05, 0.1) is 13.0 Å². The maximum Gasteiger partial charge on any atom is 0.433 e. The number of ether oxygens (including phenoxy) is 1. The summed E-state index contributed by atoms with van der Waals surface area (Å²) in [5, 5.41) is 0. The number of hydrogen-bond acceptors (Lipinski definition) is 5. The van der Waals surface area contributed by atoms with E-state index in [4.69, 9.17) is 0 Å². The van der Waals surface area contributed by atoms with Crippen LogP contribution in [0.3, 0.4) is 0 Å². The largest absolute Gasteiger partial charge is 0.460 e. The van der Waals surface area contributed by atoms with Crippen LogP contribution in [-0.2, 0) is 20.5 Å². The molecule has 1 rings (SSSR count). The molecule has 0 aromatic carbocycles. The van der Waals surface area contributed by atoms with E-state index in [9.17, 15) is 27.6 Å². The molecule has 0 saturated carbocycles. The van der Waals surface area contributed by atoms with Gasteiger partial charge in [0.25, 0.3) is 0 Å². The number of aromatic nitrogens is 1. The highest BCUT2D eigenvalue weighted by molar-refractivity contribution is 6.38. The molecule has 1 aromatic rings. The average Bonchev–Trinajstić information content (AvgIpc) is 2.38. The van der Waals surface area contributed by atoms with E-state index in [2.05, 4.69) is 9.72 Å². The Morgan fingerprint density at radius 2 is 1.90 bits per heavy atom. The quantitative estimate of drug-likeness (QED) is 0.358. The average molecular weight is 289 g/mol. The van der Waals surface area contributed by atoms with Gasteiger partial charge >= 0.3 is 12.1 Å². The summed E-state index contributed by atoms with van der Waals surface area (Å²) in [6.07, 6.45) is -4.67. The van der Waals surface area contributed by atoms with Gasteiger partial charge in [-0.25, -0.2) is 4.79 Å². The molecule has 0 bridgehead atoms. The SMILES string of the molecule is CCOC(=O)C(=O)CC(=O)c1ccc(C(F)(F)F)nc1. The second kappa shape index (κ2) is 6.27. The number of nitrogens with zero attached hydrogens (tertiary/aromatic N) is 1. The third kappa shape index (κ3) is 4.15. The van der Waals surface area contributed by atoms with Gasteiger partial charge in [0.1, 0.15) is 5.69 Å². The first-order chi connectivity index (χ1) is 9.25. The van der Waals surface area contributed by atoms with Crippen molar-refractivity contribution >= 4 is 17.5 Å². The Bertz CT molecular complexity index is 522. The van der Waals surface area contributed by atoms with Crippen molar-refractivity contribution in [2.75, 3.05) is 6.61 Å². The molecule has 0 unspecified atom stereocenters. The van der Waals surface area contributed by atoms with Crippen LogP contribution >= 0.6 is 0 Å². The Balaban J connectivity index is 2.74. The minimum absolute atomic E-state index is 0.0133. The minimum atomic E-state index is -4.61. The first-order valence-corrected chi connectivity index (χ1v) is 5.52. The fourth-order valence-corrected chi connectivity index (χ4v) is 1.26. The summed E-state index contributed by atoms with van der Waals surface area (Å²) in [5.74, 6) is -3.01. The molecule has 20 heavy (non-hydrogen) atoms. The highest BCUT2D eigenvalue weighted by Gasteiger charge is 2.32. The van der Waals surface area contributed by atoms with E-state index < -0.39 is 35.8 Å². The van der Waals surface area contributed by atoms with E-state index in [0.717, 1.165) is 6.07 Å². The van der Waals surface area contributed by atoms with Gasteiger partial charge < -0.3 is 4.74 Å². The molecule has 0 radical (unpaired) electrons. The van der Waals surface area contributed by atoms with Crippen LogP contribution in [0.2, 0.25) is 0 Å². The summed E-state index contributed by atoms with van der Waals surface area (Å²) >= 11 is 0. The van der Waals surface area contributed by atoms with Crippen LogP contribution in [0.4, 0.5) is 13.2 Å². The van der Waals surface area contributed by atoms with E-state index in [1.54, 1.807) is 0 Å². The maximum absolute atomic E-state index is 12.3. The van der Waals surface area contributed by atoms with Crippen molar-refractivity contribution in [3.8, 4) is 0 Å². The van der Waals surface area contributed by atoms with Crippen molar-refractivity contribution in [2.24, 2.45) is 0 Å². The molecule has 8 heteroatoms. The molecule has 1 aromatic heterocycles. The number of pyridine rings is 1. The zero-order valence-electron chi connectivity index (χ0n) is 10.4. The normalized spacial score (nSPS) is 11.0. The summed E-state index contributed by atoms with van der Waals surface area (Å²) in [6.45, 7) is 1.48. The second-order valence-corrected chi connectivity index (χ2v) is 3.67. The second-order valence-electron chi connectivity index (χ2n) is 3.67. The molecule has 0 atom stereocenters. The summed E-state index contributed by atoms with van der Waals surface area (Å²) in [6, 6.07) is 1.53. The van der Waals surface area contributed by atoms with Gasteiger partial charge in [-0.15, -0.1) is 0 Å². The standard InChI is InChI=1S/C12H10F3NO4/c1-2-20-11(19)9(18)5-8(17)7-3-4-10(16-6-7)12(13,14)15/h3-4,6H,2,5H2,1H3. The van der Waals surface area contributed by atoms with E-state index in [1.165, 1.54) is 6.92 Å². The highest BCUT2D eigenvalue weighted by Crippen LogP contribution is 2.27. The molecule has 0 N–H and O–H groups in total. The highest BCUT2D eigenvalue weighted by atomic mass is 19.4. The maximum atomic E-state index is 12.3. The van der Waals surface area contributed by atoms with Crippen LogP contribution in [0.5, 0.6) is 0 Å². The lowest BCUT2D eigenvalue weighted by molar-refractivity contribution is -0.153. The molecule has 108 valence electrons. The van der Waals surface area contributed by atoms with Crippen molar-refractivity contribution in [1.82, 2.24) is 4.98 Å². The summed E-state index contributed by atoms with van der Waals surface area (Å²) in [4.78, 5) is 36.9. The first kappa shape index (κ1) is 15.8. The number of ketones is 2. The zero-order chi connectivity index (χ0) is 15.3. The van der Waals surface area contributed by atoms with Gasteiger partial charge in [-0.1, -0.05) is 0 Å². The smallest absolute Gasteiger partial charge is 0.433 e. The van der Waals surface area contributed by atoms with Crippen LogP contribution in [0, 0.1) is 0 Å². The summed E-state index contributed by atoms with van der Waals surface area (Å²) in [7, 11) is 0. The molecule has 0 saturated heterocycles. The number of rotatable bonds is 5. The summed E-state index contributed by atoms with van der Waals surface area (Å²) < 4.78 is 41.2. The van der Waals surface area contributed by atoms with Crippen molar-refractivity contribution in [3.63, 3.8) is 0 Å². The fourth-order valence-electron chi connectivity index (χ4n) is 1.26. The first-order valence-electron chi connectivity index (χ1n) is 5.52. The van der Waals surface area contributed by atoms with Crippen LogP contribution in [0.25, 0.3) is 0 Å². The van der Waals surface area contributed by atoms with Gasteiger partial charge in [-0.3, -0.25) is 14.6 Å². The lowest BCUT2D eigenvalue weighted by atomic mass is 10.1. The lowest BCUT2D eigenvalue weighted by Gasteiger charge is -2.06. The summed E-state index contributed by atoms with van der Waals surface area (Å²) in [5.41, 5.74) is -1.33. The Morgan fingerprint density at radius 3 is 2.35 bits per heavy atom. The van der Waals surface area contributed by atoms with Crippen molar-refractivity contribution in [3.05, 3.63) is 29.6 Å². The van der Waals surface area contributed by atoms with Crippen molar-refractivity contribution < 1.29 is 32.3 Å². The number of esters is 1. The Kier molecular flexibility index (Phi) is 4.95. The minimum Gasteiger partial charge on any atom is -0.460 e. The van der Waals surface area contributed by atoms with Crippen LogP contribution in [0.15, 0.2) is 18.3 Å². The zero-order valence-corrected chi connectivity index (χ0v) is 10.4. The number of alkyl halides is 3. The molecule has 0 spiro atoms. The van der Waals surface area contributed by atoms with Crippen LogP contribution < -0.4 is 0 Å². The van der Waals surface area contributed by atoms with Gasteiger partial charge in [0, 0.05) is 11.8 Å². The van der Waals surface area contributed by atoms with E-state index in [0.29, 0.717) is 12.3 Å². The molecule has 1 heterocycles. The third-order valence-corrected chi connectivity index (χ3v) is 2.20. The van der Waals surface area contributed by atoms with Crippen LogP contribution in [-0.4, -0.2) is 29.1 Å². The molecule has 0 aliphatic carbocycles. The van der Waals surface area contributed by atoms with Gasteiger partial charge in [0.15, 0.2) is 5.78 Å². The molecule has 0 amide bonds. The molecule has 0 aliphatic heterocycles. The monoisotopic (exact) mass is 289 g/mol. The number of carbonyl (C=O) groups is 3. The number of halogens is 3. The Morgan fingerprint density at radius 1 is 1.25 bits per heavy atom. The molecule has 0 aliphatic rings. The predicted octanol–water partition coefficient (Wildman–Crippen LogP) is 1.81. The third-order valence-electron chi connectivity index (χ3n) is 2.20. The van der Waals surface area contributed by atoms with E-state index in [1.807, 2.05) is 0 Å². The number of Topliss-reactive ketones (excluding diaryl/α,β-unsaturated/α-hetero) is 2. The van der Waals surface area contributed by atoms with Crippen LogP contribution in [0.1, 0.15) is 29.4 Å². The van der Waals surface area contributed by atoms with Gasteiger partial charge in [0.2, 0.25) is 5.78 Å². The predicted molar refractivity (Wildman–Crippen MR) is 59.8 cm³/mol. The molecule has 5 nitrogen and oxygen atoms in total. The lowest BCUT2D eigenvalue weighted by Crippen LogP contribution is -2.20. The Hall–Kier alpha value is -2.25. The molecule has 0 fully saturated rings. The molecular formula is C12H10F3NO4. The number of hydrogen-bond donors (Lipinski definition) is 0. The topological polar surface area (TPSA) is 73.3 Å². The van der Waals surface area contributed by atoms with Crippen molar-refractivity contribution in [1.29, 1.82) is 0 Å². The van der Waals surface area contributed by atoms with Crippen molar-refractivity contribution in [2.45, 2.75) is 19.5 Å². The fraction of sp³-hybridized carbons (Fsp3) is 0.333. The van der Waals surface area contributed by atoms with E-state index >= 15 is 0 Å². The Labute approximate surface area is 111 Å². The van der Waals surface area contributed by atoms with Gasteiger partial charge in [-0.2, -0.15) is 13.2 Å². The molecular weight excluding hydrogens is 279 g/mol. The van der Waals surface area contributed by atoms with E-state index in [-0.39, 0.29) is 12.2 Å².